The van der Waals surface area contributed by atoms with E-state index < -0.39 is 0 Å². The summed E-state index contributed by atoms with van der Waals surface area (Å²) in [4.78, 5) is 4.48. The highest BCUT2D eigenvalue weighted by Gasteiger charge is 2.18. The van der Waals surface area contributed by atoms with Crippen LogP contribution in [-0.2, 0) is 0 Å². The van der Waals surface area contributed by atoms with Gasteiger partial charge >= 0.3 is 0 Å². The van der Waals surface area contributed by atoms with Gasteiger partial charge in [0.1, 0.15) is 5.75 Å². The van der Waals surface area contributed by atoms with Gasteiger partial charge in [-0.2, -0.15) is 4.98 Å². The number of hydrogen-bond acceptors (Lipinski definition) is 4. The smallest absolute Gasteiger partial charge is 0.267 e. The van der Waals surface area contributed by atoms with Crippen LogP contribution in [0.4, 0.5) is 0 Å². The quantitative estimate of drug-likeness (QED) is 0.451. The van der Waals surface area contributed by atoms with E-state index in [9.17, 15) is 0 Å². The Labute approximate surface area is 162 Å². The average molecular weight is 380 g/mol. The topological polar surface area (TPSA) is 53.1 Å². The molecular formula is C21H18ClN3O2. The number of halogens is 1. The first kappa shape index (κ1) is 17.4. The number of ether oxygens (including phenoxy) is 1. The number of nitrogens with zero attached hydrogens (tertiary/aromatic N) is 3. The van der Waals surface area contributed by atoms with Gasteiger partial charge in [0.15, 0.2) is 6.10 Å². The molecule has 0 aliphatic carbocycles. The predicted octanol–water partition coefficient (Wildman–Crippen LogP) is 5.63. The fraction of sp³-hybridized carbons (Fsp3) is 0.143. The summed E-state index contributed by atoms with van der Waals surface area (Å²) < 4.78 is 13.4. The Morgan fingerprint density at radius 3 is 2.52 bits per heavy atom. The highest BCUT2D eigenvalue weighted by molar-refractivity contribution is 6.30. The van der Waals surface area contributed by atoms with Crippen LogP contribution in [0.15, 0.2) is 71.5 Å². The Morgan fingerprint density at radius 2 is 1.81 bits per heavy atom. The average Bonchev–Trinajstić information content (AvgIpc) is 3.36. The van der Waals surface area contributed by atoms with Gasteiger partial charge in [0.25, 0.3) is 5.89 Å². The van der Waals surface area contributed by atoms with Crippen molar-refractivity contribution in [3.8, 4) is 22.8 Å². The molecule has 4 rings (SSSR count). The van der Waals surface area contributed by atoms with Gasteiger partial charge in [0.2, 0.25) is 5.82 Å². The van der Waals surface area contributed by atoms with E-state index in [1.807, 2.05) is 79.3 Å². The van der Waals surface area contributed by atoms with E-state index in [2.05, 4.69) is 10.1 Å². The van der Waals surface area contributed by atoms with E-state index in [1.165, 1.54) is 0 Å². The highest BCUT2D eigenvalue weighted by atomic mass is 35.5. The molecule has 0 saturated carbocycles. The van der Waals surface area contributed by atoms with Crippen molar-refractivity contribution in [2.24, 2.45) is 0 Å². The molecule has 0 unspecified atom stereocenters. The monoisotopic (exact) mass is 379 g/mol. The molecule has 0 bridgehead atoms. The first-order valence-corrected chi connectivity index (χ1v) is 8.98. The van der Waals surface area contributed by atoms with Crippen molar-refractivity contribution < 1.29 is 9.26 Å². The SMILES string of the molecule is Cc1cc(Cl)ccc1O[C@H](C)c1nc(-c2ccc(-n3cccc3)cc2)no1. The molecule has 1 atom stereocenters. The zero-order chi connectivity index (χ0) is 18.8. The molecule has 2 aromatic carbocycles. The summed E-state index contributed by atoms with van der Waals surface area (Å²) >= 11 is 5.99. The van der Waals surface area contributed by atoms with Gasteiger partial charge in [0.05, 0.1) is 0 Å². The fourth-order valence-electron chi connectivity index (χ4n) is 2.79. The molecule has 0 fully saturated rings. The zero-order valence-corrected chi connectivity index (χ0v) is 15.7. The van der Waals surface area contributed by atoms with Crippen LogP contribution in [0.25, 0.3) is 17.1 Å². The molecule has 2 heterocycles. The van der Waals surface area contributed by atoms with Crippen LogP contribution in [0.5, 0.6) is 5.75 Å². The molecule has 0 radical (unpaired) electrons. The summed E-state index contributed by atoms with van der Waals surface area (Å²) in [7, 11) is 0. The molecular weight excluding hydrogens is 362 g/mol. The van der Waals surface area contributed by atoms with Crippen LogP contribution >= 0.6 is 11.6 Å². The van der Waals surface area contributed by atoms with E-state index in [0.717, 1.165) is 22.6 Å². The minimum absolute atomic E-state index is 0.370. The van der Waals surface area contributed by atoms with Crippen LogP contribution in [0, 0.1) is 6.92 Å². The maximum atomic E-state index is 5.99. The van der Waals surface area contributed by atoms with Crippen molar-refractivity contribution >= 4 is 11.6 Å². The van der Waals surface area contributed by atoms with Crippen molar-refractivity contribution in [1.82, 2.24) is 14.7 Å². The standard InChI is InChI=1S/C21H18ClN3O2/c1-14-13-17(22)7-10-19(14)26-15(2)21-23-20(24-27-21)16-5-8-18(9-6-16)25-11-3-4-12-25/h3-13,15H,1-2H3/t15-/m1/s1. The first-order chi connectivity index (χ1) is 13.1. The summed E-state index contributed by atoms with van der Waals surface area (Å²) in [5.74, 6) is 1.70. The maximum Gasteiger partial charge on any atom is 0.267 e. The van der Waals surface area contributed by atoms with E-state index in [0.29, 0.717) is 16.7 Å². The van der Waals surface area contributed by atoms with Gasteiger partial charge < -0.3 is 13.8 Å². The normalized spacial score (nSPS) is 12.1. The third-order valence-corrected chi connectivity index (χ3v) is 4.49. The molecule has 136 valence electrons. The Hall–Kier alpha value is -3.05. The second kappa shape index (κ2) is 7.29. The largest absolute Gasteiger partial charge is 0.481 e. The molecule has 0 N–H and O–H groups in total. The van der Waals surface area contributed by atoms with Crippen molar-refractivity contribution in [1.29, 1.82) is 0 Å². The van der Waals surface area contributed by atoms with Crippen molar-refractivity contribution in [3.05, 3.63) is 83.5 Å². The van der Waals surface area contributed by atoms with Gasteiger partial charge in [-0.3, -0.25) is 0 Å². The molecule has 27 heavy (non-hydrogen) atoms. The number of hydrogen-bond donors (Lipinski definition) is 0. The number of aromatic nitrogens is 3. The molecule has 0 spiro atoms. The lowest BCUT2D eigenvalue weighted by molar-refractivity contribution is 0.175. The lowest BCUT2D eigenvalue weighted by Gasteiger charge is -2.13. The minimum Gasteiger partial charge on any atom is -0.481 e. The summed E-state index contributed by atoms with van der Waals surface area (Å²) in [5.41, 5.74) is 2.91. The van der Waals surface area contributed by atoms with Gasteiger partial charge in [-0.15, -0.1) is 0 Å². The molecule has 0 amide bonds. The number of rotatable bonds is 5. The van der Waals surface area contributed by atoms with Crippen LogP contribution in [0.3, 0.4) is 0 Å². The van der Waals surface area contributed by atoms with Gasteiger partial charge in [-0.1, -0.05) is 16.8 Å². The molecule has 6 heteroatoms. The highest BCUT2D eigenvalue weighted by Crippen LogP contribution is 2.27. The number of benzene rings is 2. The zero-order valence-electron chi connectivity index (χ0n) is 15.0. The van der Waals surface area contributed by atoms with Crippen LogP contribution < -0.4 is 4.74 Å². The maximum absolute atomic E-state index is 5.99. The number of aryl methyl sites for hydroxylation is 1. The second-order valence-corrected chi connectivity index (χ2v) is 6.70. The van der Waals surface area contributed by atoms with E-state index in [1.54, 1.807) is 6.07 Å². The minimum atomic E-state index is -0.370. The summed E-state index contributed by atoms with van der Waals surface area (Å²) in [6, 6.07) is 17.4. The van der Waals surface area contributed by atoms with E-state index in [4.69, 9.17) is 20.9 Å². The third-order valence-electron chi connectivity index (χ3n) is 4.26. The predicted molar refractivity (Wildman–Crippen MR) is 104 cm³/mol. The lowest BCUT2D eigenvalue weighted by atomic mass is 10.2. The first-order valence-electron chi connectivity index (χ1n) is 8.60. The Bertz CT molecular complexity index is 1040. The molecule has 0 aliphatic rings. The Morgan fingerprint density at radius 1 is 1.07 bits per heavy atom. The van der Waals surface area contributed by atoms with Crippen molar-refractivity contribution in [3.63, 3.8) is 0 Å². The molecule has 0 aliphatic heterocycles. The Kier molecular flexibility index (Phi) is 4.69. The van der Waals surface area contributed by atoms with Gasteiger partial charge in [-0.05, 0) is 74.0 Å². The molecule has 0 saturated heterocycles. The van der Waals surface area contributed by atoms with E-state index >= 15 is 0 Å². The van der Waals surface area contributed by atoms with Crippen LogP contribution in [0.1, 0.15) is 24.5 Å². The van der Waals surface area contributed by atoms with Crippen molar-refractivity contribution in [2.45, 2.75) is 20.0 Å². The molecule has 2 aromatic heterocycles. The second-order valence-electron chi connectivity index (χ2n) is 6.26. The van der Waals surface area contributed by atoms with Crippen LogP contribution in [-0.4, -0.2) is 14.7 Å². The lowest BCUT2D eigenvalue weighted by Crippen LogP contribution is -2.04. The summed E-state index contributed by atoms with van der Waals surface area (Å²) in [6.07, 6.45) is 3.63. The van der Waals surface area contributed by atoms with Crippen molar-refractivity contribution in [2.75, 3.05) is 0 Å². The third kappa shape index (κ3) is 3.73. The van der Waals surface area contributed by atoms with Gasteiger partial charge in [-0.25, -0.2) is 0 Å². The summed E-state index contributed by atoms with van der Waals surface area (Å²) in [5, 5.41) is 4.76. The van der Waals surface area contributed by atoms with E-state index in [-0.39, 0.29) is 6.10 Å². The molecule has 4 aromatic rings. The summed E-state index contributed by atoms with van der Waals surface area (Å²) in [6.45, 7) is 3.82. The molecule has 5 nitrogen and oxygen atoms in total. The van der Waals surface area contributed by atoms with Crippen LogP contribution in [0.2, 0.25) is 5.02 Å². The van der Waals surface area contributed by atoms with Gasteiger partial charge in [0, 0.05) is 28.7 Å². The Balaban J connectivity index is 1.51. The fourth-order valence-corrected chi connectivity index (χ4v) is 3.02.